The molecule has 0 aromatic carbocycles. The molecule has 1 heterocycles. The van der Waals surface area contributed by atoms with E-state index in [9.17, 15) is 4.39 Å². The van der Waals surface area contributed by atoms with Gasteiger partial charge in [0.05, 0.1) is 5.35 Å². The molecule has 0 aliphatic carbocycles. The van der Waals surface area contributed by atoms with Gasteiger partial charge in [0.2, 0.25) is 5.95 Å². The Hall–Kier alpha value is -1.58. The van der Waals surface area contributed by atoms with Gasteiger partial charge in [0.15, 0.2) is 0 Å². The molecule has 0 fully saturated rings. The van der Waals surface area contributed by atoms with Crippen LogP contribution in [0, 0.1) is 0 Å². The molecule has 0 atom stereocenters. The highest BCUT2D eigenvalue weighted by molar-refractivity contribution is 5.46. The highest BCUT2D eigenvalue weighted by Crippen LogP contribution is 1.95. The van der Waals surface area contributed by atoms with Gasteiger partial charge in [-0.3, -0.25) is 0 Å². The second-order valence-corrected chi connectivity index (χ2v) is 2.59. The van der Waals surface area contributed by atoms with Crippen molar-refractivity contribution in [2.75, 3.05) is 12.4 Å². The third kappa shape index (κ3) is 1.47. The maximum Gasteiger partial charge on any atom is 0.203 e. The fourth-order valence-electron chi connectivity index (χ4n) is 1.04. The standard InChI is InChI=1S/C9H12FN3/c1-5-7(10)8-6(2)13(4)9(11-3)12-8/h5H,1-2H2,3-4H3,(H,11,12)/b8-7-. The van der Waals surface area contributed by atoms with Crippen molar-refractivity contribution < 1.29 is 4.39 Å². The van der Waals surface area contributed by atoms with E-state index in [1.165, 1.54) is 0 Å². The summed E-state index contributed by atoms with van der Waals surface area (Å²) in [6.07, 6.45) is 1.12. The minimum Gasteiger partial charge on any atom is -0.359 e. The lowest BCUT2D eigenvalue weighted by Gasteiger charge is -1.96. The van der Waals surface area contributed by atoms with E-state index in [0.29, 0.717) is 11.3 Å². The van der Waals surface area contributed by atoms with Gasteiger partial charge >= 0.3 is 0 Å². The van der Waals surface area contributed by atoms with Crippen molar-refractivity contribution in [3.05, 3.63) is 23.4 Å². The molecule has 1 aromatic rings. The molecule has 13 heavy (non-hydrogen) atoms. The topological polar surface area (TPSA) is 29.9 Å². The smallest absolute Gasteiger partial charge is 0.203 e. The molecule has 1 N–H and O–H groups in total. The van der Waals surface area contributed by atoms with Crippen molar-refractivity contribution in [2.45, 2.75) is 0 Å². The lowest BCUT2D eigenvalue weighted by atomic mass is 10.4. The molecular weight excluding hydrogens is 169 g/mol. The van der Waals surface area contributed by atoms with Gasteiger partial charge in [0.25, 0.3) is 0 Å². The number of imidazole rings is 1. The lowest BCUT2D eigenvalue weighted by Crippen LogP contribution is -2.28. The Labute approximate surface area is 75.9 Å². The summed E-state index contributed by atoms with van der Waals surface area (Å²) < 4.78 is 14.8. The van der Waals surface area contributed by atoms with Crippen LogP contribution in [0.5, 0.6) is 0 Å². The lowest BCUT2D eigenvalue weighted by molar-refractivity contribution is 0.754. The largest absolute Gasteiger partial charge is 0.359 e. The first kappa shape index (κ1) is 9.51. The van der Waals surface area contributed by atoms with E-state index >= 15 is 0 Å². The normalized spacial score (nSPS) is 12.5. The van der Waals surface area contributed by atoms with E-state index in [0.717, 1.165) is 6.08 Å². The van der Waals surface area contributed by atoms with E-state index in [1.54, 1.807) is 18.7 Å². The minimum atomic E-state index is -0.456. The van der Waals surface area contributed by atoms with E-state index in [-0.39, 0.29) is 5.35 Å². The molecule has 0 radical (unpaired) electrons. The minimum absolute atomic E-state index is 0.238. The van der Waals surface area contributed by atoms with Crippen LogP contribution in [0.4, 0.5) is 10.3 Å². The van der Waals surface area contributed by atoms with Crippen LogP contribution in [0.15, 0.2) is 12.7 Å². The van der Waals surface area contributed by atoms with Crippen LogP contribution >= 0.6 is 0 Å². The number of anilines is 1. The van der Waals surface area contributed by atoms with Crippen molar-refractivity contribution in [2.24, 2.45) is 7.05 Å². The number of hydrogen-bond donors (Lipinski definition) is 1. The number of nitrogens with zero attached hydrogens (tertiary/aromatic N) is 2. The molecule has 4 heteroatoms. The number of rotatable bonds is 2. The number of allylic oxidation sites excluding steroid dienone is 1. The zero-order chi connectivity index (χ0) is 10.0. The van der Waals surface area contributed by atoms with Gasteiger partial charge in [-0.05, 0) is 6.08 Å². The number of hydrogen-bond acceptors (Lipinski definition) is 2. The van der Waals surface area contributed by atoms with Crippen LogP contribution in [0.25, 0.3) is 12.4 Å². The van der Waals surface area contributed by atoms with Gasteiger partial charge in [-0.1, -0.05) is 13.2 Å². The van der Waals surface area contributed by atoms with Gasteiger partial charge in [0.1, 0.15) is 11.2 Å². The summed E-state index contributed by atoms with van der Waals surface area (Å²) >= 11 is 0. The highest BCUT2D eigenvalue weighted by Gasteiger charge is 2.02. The van der Waals surface area contributed by atoms with Crippen LogP contribution in [-0.2, 0) is 7.05 Å². The maximum absolute atomic E-state index is 13.1. The Bertz CT molecular complexity index is 430. The summed E-state index contributed by atoms with van der Waals surface area (Å²) in [5.74, 6) is 0.124. The Morgan fingerprint density at radius 1 is 1.69 bits per heavy atom. The van der Waals surface area contributed by atoms with Crippen molar-refractivity contribution >= 4 is 18.4 Å². The summed E-state index contributed by atoms with van der Waals surface area (Å²) in [6.45, 7) is 7.04. The quantitative estimate of drug-likeness (QED) is 0.703. The van der Waals surface area contributed by atoms with Crippen molar-refractivity contribution in [3.8, 4) is 0 Å². The van der Waals surface area contributed by atoms with Gasteiger partial charge in [0, 0.05) is 14.1 Å². The van der Waals surface area contributed by atoms with Crippen LogP contribution in [0.3, 0.4) is 0 Å². The van der Waals surface area contributed by atoms with Gasteiger partial charge in [-0.25, -0.2) is 9.37 Å². The van der Waals surface area contributed by atoms with Gasteiger partial charge < -0.3 is 9.88 Å². The molecule has 0 spiro atoms. The third-order valence-corrected chi connectivity index (χ3v) is 1.84. The summed E-state index contributed by atoms with van der Waals surface area (Å²) in [4.78, 5) is 4.00. The third-order valence-electron chi connectivity index (χ3n) is 1.84. The van der Waals surface area contributed by atoms with Crippen LogP contribution in [0.1, 0.15) is 0 Å². The summed E-state index contributed by atoms with van der Waals surface area (Å²) in [5, 5.41) is 3.60. The molecule has 0 aliphatic rings. The zero-order valence-corrected chi connectivity index (χ0v) is 7.76. The van der Waals surface area contributed by atoms with Crippen LogP contribution < -0.4 is 16.0 Å². The predicted molar refractivity (Wildman–Crippen MR) is 52.2 cm³/mol. The predicted octanol–water partition coefficient (Wildman–Crippen LogP) is 0.136. The molecule has 0 unspecified atom stereocenters. The molecule has 0 saturated heterocycles. The monoisotopic (exact) mass is 181 g/mol. The molecule has 3 nitrogen and oxygen atoms in total. The molecule has 70 valence electrons. The fourth-order valence-corrected chi connectivity index (χ4v) is 1.04. The molecule has 0 bridgehead atoms. The van der Waals surface area contributed by atoms with Crippen molar-refractivity contribution in [1.82, 2.24) is 9.55 Å². The molecular formula is C9H12FN3. The van der Waals surface area contributed by atoms with Crippen molar-refractivity contribution in [1.29, 1.82) is 0 Å². The molecule has 1 aromatic heterocycles. The first-order valence-electron chi connectivity index (χ1n) is 3.83. The Morgan fingerprint density at radius 3 is 2.69 bits per heavy atom. The number of nitrogens with one attached hydrogen (secondary N) is 1. The second-order valence-electron chi connectivity index (χ2n) is 2.59. The Kier molecular flexibility index (Phi) is 2.51. The van der Waals surface area contributed by atoms with Crippen LogP contribution in [-0.4, -0.2) is 16.6 Å². The van der Waals surface area contributed by atoms with E-state index < -0.39 is 5.83 Å². The first-order chi connectivity index (χ1) is 6.11. The van der Waals surface area contributed by atoms with E-state index in [4.69, 9.17) is 0 Å². The zero-order valence-electron chi connectivity index (χ0n) is 7.76. The summed E-state index contributed by atoms with van der Waals surface area (Å²) in [7, 11) is 3.48. The summed E-state index contributed by atoms with van der Waals surface area (Å²) in [5.41, 5.74) is 0. The number of aromatic nitrogens is 2. The Balaban J connectivity index is 3.60. The molecule has 0 saturated carbocycles. The van der Waals surface area contributed by atoms with E-state index in [1.807, 2.05) is 0 Å². The Morgan fingerprint density at radius 2 is 2.31 bits per heavy atom. The van der Waals surface area contributed by atoms with Crippen LogP contribution in [0.2, 0.25) is 0 Å². The maximum atomic E-state index is 13.1. The second kappa shape index (κ2) is 3.43. The molecule has 1 rings (SSSR count). The average molecular weight is 181 g/mol. The fraction of sp³-hybridized carbons (Fsp3) is 0.222. The summed E-state index contributed by atoms with van der Waals surface area (Å²) in [6, 6.07) is 0. The molecule has 0 aliphatic heterocycles. The molecule has 0 amide bonds. The number of halogens is 1. The van der Waals surface area contributed by atoms with Gasteiger partial charge in [-0.15, -0.1) is 0 Å². The van der Waals surface area contributed by atoms with Gasteiger partial charge in [-0.2, -0.15) is 0 Å². The van der Waals surface area contributed by atoms with Crippen molar-refractivity contribution in [3.63, 3.8) is 0 Å². The SMILES string of the molecule is C=C/C(F)=c1/nc(NC)n(C)c1=C. The first-order valence-corrected chi connectivity index (χ1v) is 3.83. The highest BCUT2D eigenvalue weighted by atomic mass is 19.1. The van der Waals surface area contributed by atoms with E-state index in [2.05, 4.69) is 23.5 Å². The average Bonchev–Trinajstić information content (AvgIpc) is 2.43.